The molecule has 1 saturated heterocycles. The molecule has 170 valence electrons. The zero-order valence-electron chi connectivity index (χ0n) is 18.4. The molecule has 0 bridgehead atoms. The van der Waals surface area contributed by atoms with Crippen LogP contribution in [0.5, 0.6) is 0 Å². The van der Waals surface area contributed by atoms with Gasteiger partial charge in [0.05, 0.1) is 24.4 Å². The maximum absolute atomic E-state index is 11.7. The first-order chi connectivity index (χ1) is 16.6. The van der Waals surface area contributed by atoms with Crippen LogP contribution in [-0.4, -0.2) is 33.1 Å². The van der Waals surface area contributed by atoms with Gasteiger partial charge in [0.25, 0.3) is 0 Å². The molecule has 1 N–H and O–H groups in total. The van der Waals surface area contributed by atoms with Crippen LogP contribution in [0.25, 0.3) is 11.3 Å². The standard InChI is InChI=1S/C26H22N4O3S/c1-32-25(31)19-7-5-18(6-8-19)21-9-10-22(33-21)24-23(20-4-2-3-13-28-20)29-26(34)30(24)16-17-11-14-27-15-12-17/h2-15,23-24H,16H2,1H3,(H,29,34)/t23-,24+/m1/s1. The third-order valence-electron chi connectivity index (χ3n) is 5.81. The molecule has 0 radical (unpaired) electrons. The van der Waals surface area contributed by atoms with Gasteiger partial charge in [-0.15, -0.1) is 0 Å². The summed E-state index contributed by atoms with van der Waals surface area (Å²) in [5.74, 6) is 1.10. The second kappa shape index (κ2) is 9.44. The molecule has 0 amide bonds. The molecule has 1 aromatic carbocycles. The Morgan fingerprint density at radius 3 is 2.56 bits per heavy atom. The smallest absolute Gasteiger partial charge is 0.337 e. The van der Waals surface area contributed by atoms with E-state index in [-0.39, 0.29) is 18.1 Å². The number of thiocarbonyl (C=S) groups is 1. The number of pyridine rings is 2. The lowest BCUT2D eigenvalue weighted by atomic mass is 10.0. The van der Waals surface area contributed by atoms with Gasteiger partial charge >= 0.3 is 5.97 Å². The van der Waals surface area contributed by atoms with Crippen molar-refractivity contribution in [3.63, 3.8) is 0 Å². The molecule has 0 saturated carbocycles. The van der Waals surface area contributed by atoms with Gasteiger partial charge in [-0.05, 0) is 66.3 Å². The molecule has 1 fully saturated rings. The summed E-state index contributed by atoms with van der Waals surface area (Å²) in [7, 11) is 1.37. The Kier molecular flexibility index (Phi) is 6.05. The maximum atomic E-state index is 11.7. The van der Waals surface area contributed by atoms with Crippen LogP contribution in [0.1, 0.15) is 39.5 Å². The summed E-state index contributed by atoms with van der Waals surface area (Å²) in [4.78, 5) is 22.5. The predicted octanol–water partition coefficient (Wildman–Crippen LogP) is 4.70. The molecule has 1 aliphatic rings. The number of carbonyl (C=O) groups is 1. The van der Waals surface area contributed by atoms with Gasteiger partial charge in [-0.1, -0.05) is 18.2 Å². The van der Waals surface area contributed by atoms with Gasteiger partial charge < -0.3 is 19.4 Å². The molecule has 0 unspecified atom stereocenters. The molecule has 5 rings (SSSR count). The van der Waals surface area contributed by atoms with Gasteiger partial charge in [0.1, 0.15) is 17.6 Å². The molecule has 3 aromatic heterocycles. The number of nitrogens with one attached hydrogen (secondary N) is 1. The highest BCUT2D eigenvalue weighted by Crippen LogP contribution is 2.41. The summed E-state index contributed by atoms with van der Waals surface area (Å²) in [6.07, 6.45) is 5.32. The predicted molar refractivity (Wildman–Crippen MR) is 131 cm³/mol. The van der Waals surface area contributed by atoms with Crippen molar-refractivity contribution in [1.29, 1.82) is 0 Å². The van der Waals surface area contributed by atoms with E-state index < -0.39 is 0 Å². The second-order valence-corrected chi connectivity index (χ2v) is 8.27. The number of nitrogens with zero attached hydrogens (tertiary/aromatic N) is 3. The van der Waals surface area contributed by atoms with Crippen molar-refractivity contribution in [2.45, 2.75) is 18.6 Å². The van der Waals surface area contributed by atoms with Crippen LogP contribution in [0.4, 0.5) is 0 Å². The van der Waals surface area contributed by atoms with Crippen LogP contribution < -0.4 is 5.32 Å². The van der Waals surface area contributed by atoms with Crippen LogP contribution in [0.15, 0.2) is 89.7 Å². The fraction of sp³-hybridized carbons (Fsp3) is 0.154. The summed E-state index contributed by atoms with van der Waals surface area (Å²) in [5.41, 5.74) is 3.33. The van der Waals surface area contributed by atoms with Gasteiger partial charge in [0.2, 0.25) is 0 Å². The topological polar surface area (TPSA) is 80.5 Å². The first kappa shape index (κ1) is 21.8. The Bertz CT molecular complexity index is 1290. The van der Waals surface area contributed by atoms with Crippen molar-refractivity contribution in [2.75, 3.05) is 7.11 Å². The number of ether oxygens (including phenoxy) is 1. The Morgan fingerprint density at radius 2 is 1.85 bits per heavy atom. The lowest BCUT2D eigenvalue weighted by Gasteiger charge is -2.26. The Hall–Kier alpha value is -4.04. The van der Waals surface area contributed by atoms with Crippen LogP contribution in [0.2, 0.25) is 0 Å². The van der Waals surface area contributed by atoms with E-state index in [1.54, 1.807) is 30.7 Å². The third-order valence-corrected chi connectivity index (χ3v) is 6.16. The van der Waals surface area contributed by atoms with Crippen molar-refractivity contribution in [2.24, 2.45) is 0 Å². The number of benzene rings is 1. The molecule has 0 aliphatic carbocycles. The number of hydrogen-bond donors (Lipinski definition) is 1. The second-order valence-electron chi connectivity index (χ2n) is 7.88. The monoisotopic (exact) mass is 470 g/mol. The molecule has 4 aromatic rings. The van der Waals surface area contributed by atoms with E-state index in [0.717, 1.165) is 22.6 Å². The largest absolute Gasteiger partial charge is 0.465 e. The van der Waals surface area contributed by atoms with E-state index in [4.69, 9.17) is 21.4 Å². The van der Waals surface area contributed by atoms with E-state index in [2.05, 4.69) is 20.2 Å². The van der Waals surface area contributed by atoms with Gasteiger partial charge in [-0.3, -0.25) is 9.97 Å². The maximum Gasteiger partial charge on any atom is 0.337 e. The third kappa shape index (κ3) is 4.27. The first-order valence-electron chi connectivity index (χ1n) is 10.8. The van der Waals surface area contributed by atoms with E-state index in [9.17, 15) is 4.79 Å². The summed E-state index contributed by atoms with van der Waals surface area (Å²) in [6, 6.07) is 20.5. The number of methoxy groups -OCH3 is 1. The highest BCUT2D eigenvalue weighted by Gasteiger charge is 2.41. The SMILES string of the molecule is COC(=O)c1ccc(-c2ccc([C@H]3[C@@H](c4ccccn4)NC(=S)N3Cc3ccncc3)o2)cc1. The highest BCUT2D eigenvalue weighted by atomic mass is 32.1. The number of furan rings is 1. The molecular weight excluding hydrogens is 448 g/mol. The number of esters is 1. The Balaban J connectivity index is 1.49. The van der Waals surface area contributed by atoms with E-state index in [1.165, 1.54) is 7.11 Å². The summed E-state index contributed by atoms with van der Waals surface area (Å²) >= 11 is 5.73. The highest BCUT2D eigenvalue weighted by molar-refractivity contribution is 7.80. The number of rotatable bonds is 6. The fourth-order valence-corrected chi connectivity index (χ4v) is 4.43. The van der Waals surface area contributed by atoms with Gasteiger partial charge in [-0.2, -0.15) is 0 Å². The van der Waals surface area contributed by atoms with E-state index in [1.807, 2.05) is 54.6 Å². The molecule has 1 aliphatic heterocycles. The minimum Gasteiger partial charge on any atom is -0.465 e. The van der Waals surface area contributed by atoms with Crippen molar-refractivity contribution in [3.05, 3.63) is 108 Å². The van der Waals surface area contributed by atoms with Crippen LogP contribution in [0, 0.1) is 0 Å². The summed E-state index contributed by atoms with van der Waals surface area (Å²) in [6.45, 7) is 0.603. The normalized spacial score (nSPS) is 17.4. The average Bonchev–Trinajstić information content (AvgIpc) is 3.50. The molecular formula is C26H22N4O3S. The fourth-order valence-electron chi connectivity index (χ4n) is 4.13. The number of aromatic nitrogens is 2. The first-order valence-corrected chi connectivity index (χ1v) is 11.2. The quantitative estimate of drug-likeness (QED) is 0.321. The van der Waals surface area contributed by atoms with E-state index >= 15 is 0 Å². The average molecular weight is 471 g/mol. The Labute approximate surface area is 202 Å². The molecule has 8 heteroatoms. The van der Waals surface area contributed by atoms with Crippen LogP contribution >= 0.6 is 12.2 Å². The van der Waals surface area contributed by atoms with Crippen molar-refractivity contribution < 1.29 is 13.9 Å². The number of carbonyl (C=O) groups excluding carboxylic acids is 1. The molecule has 7 nitrogen and oxygen atoms in total. The van der Waals surface area contributed by atoms with Crippen LogP contribution in [0.3, 0.4) is 0 Å². The van der Waals surface area contributed by atoms with Gasteiger partial charge in [0, 0.05) is 30.7 Å². The Morgan fingerprint density at radius 1 is 1.06 bits per heavy atom. The molecule has 34 heavy (non-hydrogen) atoms. The zero-order valence-corrected chi connectivity index (χ0v) is 19.2. The van der Waals surface area contributed by atoms with Crippen molar-refractivity contribution in [3.8, 4) is 11.3 Å². The molecule has 0 spiro atoms. The lowest BCUT2D eigenvalue weighted by molar-refractivity contribution is 0.0600. The minimum atomic E-state index is -0.373. The lowest BCUT2D eigenvalue weighted by Crippen LogP contribution is -2.29. The molecule has 2 atom stereocenters. The summed E-state index contributed by atoms with van der Waals surface area (Å²) < 4.78 is 11.1. The van der Waals surface area contributed by atoms with Crippen molar-refractivity contribution in [1.82, 2.24) is 20.2 Å². The molecule has 4 heterocycles. The van der Waals surface area contributed by atoms with Crippen LogP contribution in [-0.2, 0) is 11.3 Å². The number of hydrogen-bond acceptors (Lipinski definition) is 6. The van der Waals surface area contributed by atoms with Gasteiger partial charge in [-0.25, -0.2) is 4.79 Å². The van der Waals surface area contributed by atoms with Gasteiger partial charge in [0.15, 0.2) is 5.11 Å². The minimum absolute atomic E-state index is 0.170. The van der Waals surface area contributed by atoms with E-state index in [0.29, 0.717) is 23.0 Å². The zero-order chi connectivity index (χ0) is 23.5. The summed E-state index contributed by atoms with van der Waals surface area (Å²) in [5, 5.41) is 4.07. The van der Waals surface area contributed by atoms with Crippen molar-refractivity contribution >= 4 is 23.3 Å².